The van der Waals surface area contributed by atoms with E-state index in [0.29, 0.717) is 5.56 Å². The second-order valence-electron chi connectivity index (χ2n) is 1.67. The van der Waals surface area contributed by atoms with E-state index in [1.54, 1.807) is 30.3 Å². The zero-order valence-electron chi connectivity index (χ0n) is 9.95. The van der Waals surface area contributed by atoms with E-state index in [9.17, 15) is 4.79 Å². The van der Waals surface area contributed by atoms with Crippen LogP contribution in [0.5, 0.6) is 0 Å². The van der Waals surface area contributed by atoms with Gasteiger partial charge in [0.05, 0.1) is 5.56 Å². The first kappa shape index (κ1) is 18.3. The molecule has 0 bridgehead atoms. The summed E-state index contributed by atoms with van der Waals surface area (Å²) in [6, 6.07) is 8.30. The van der Waals surface area contributed by atoms with Crippen LogP contribution in [-0.4, -0.2) is 54.3 Å². The molecule has 0 heterocycles. The number of hydrogen-bond donors (Lipinski definition) is 1. The maximum absolute atomic E-state index is 10.2. The first-order chi connectivity index (χ1) is 4.30. The minimum Gasteiger partial charge on any atom is -1.00 e. The fraction of sp³-hybridized carbons (Fsp3) is 0. The first-order valence-corrected chi connectivity index (χ1v) is 2.59. The molecule has 3 nitrogen and oxygen atoms in total. The third-order valence-corrected chi connectivity index (χ3v) is 1.02. The molecule has 1 aromatic rings. The number of hydrogen-bond acceptors (Lipinski definition) is 1. The zero-order valence-corrected chi connectivity index (χ0v) is 9.16. The molecule has 0 aliphatic heterocycles. The second-order valence-corrected chi connectivity index (χ2v) is 1.67. The van der Waals surface area contributed by atoms with E-state index < -0.39 is 5.97 Å². The number of benzene rings is 1. The Labute approximate surface area is 117 Å². The SMILES string of the molecule is O.O=C(O)c1ccccc1.[Ca+2].[H-].[H-].[H-].[Li+]. The summed E-state index contributed by atoms with van der Waals surface area (Å²) in [5.74, 6) is -0.879. The molecule has 60 valence electrons. The minimum absolute atomic E-state index is 0. The Hall–Kier alpha value is 0.507. The van der Waals surface area contributed by atoms with E-state index in [1.165, 1.54) is 0 Å². The first-order valence-electron chi connectivity index (χ1n) is 2.59. The molecule has 0 aliphatic carbocycles. The van der Waals surface area contributed by atoms with E-state index >= 15 is 0 Å². The Bertz CT molecular complexity index is 226. The summed E-state index contributed by atoms with van der Waals surface area (Å²) in [5, 5.41) is 8.38. The van der Waals surface area contributed by atoms with Crippen molar-refractivity contribution in [2.24, 2.45) is 0 Å². The van der Waals surface area contributed by atoms with Crippen LogP contribution in [0.3, 0.4) is 0 Å². The molecule has 3 N–H and O–H groups in total. The maximum Gasteiger partial charge on any atom is 2.00 e. The number of aromatic carboxylic acids is 1. The molecular formula is C7H11CaLiO3. The molecule has 0 aromatic heterocycles. The van der Waals surface area contributed by atoms with Crippen LogP contribution in [0.15, 0.2) is 30.3 Å². The summed E-state index contributed by atoms with van der Waals surface area (Å²) < 4.78 is 0. The predicted octanol–water partition coefficient (Wildman–Crippen LogP) is -2.48. The molecule has 0 saturated carbocycles. The van der Waals surface area contributed by atoms with Gasteiger partial charge < -0.3 is 14.9 Å². The normalized spacial score (nSPS) is 6.67. The van der Waals surface area contributed by atoms with Crippen molar-refractivity contribution in [3.05, 3.63) is 35.9 Å². The predicted molar refractivity (Wildman–Crippen MR) is 46.1 cm³/mol. The van der Waals surface area contributed by atoms with Crippen LogP contribution in [-0.2, 0) is 0 Å². The zero-order chi connectivity index (χ0) is 6.69. The van der Waals surface area contributed by atoms with Crippen molar-refractivity contribution in [2.75, 3.05) is 0 Å². The van der Waals surface area contributed by atoms with Crippen LogP contribution in [0.2, 0.25) is 0 Å². The third kappa shape index (κ3) is 6.07. The standard InChI is InChI=1S/C7H6O2.Ca.Li.H2O.3H/c8-7(9)6-4-2-1-3-5-6;;;;;;/h1-5H,(H,8,9);;;1H2;;;/q;+2;+1;;3*-1. The summed E-state index contributed by atoms with van der Waals surface area (Å²) >= 11 is 0. The van der Waals surface area contributed by atoms with Gasteiger partial charge in [0.2, 0.25) is 0 Å². The van der Waals surface area contributed by atoms with Gasteiger partial charge in [-0.05, 0) is 12.1 Å². The molecule has 1 aromatic carbocycles. The molecular weight excluding hydrogens is 179 g/mol. The van der Waals surface area contributed by atoms with Crippen molar-refractivity contribution >= 4 is 43.7 Å². The van der Waals surface area contributed by atoms with E-state index in [1.807, 2.05) is 0 Å². The van der Waals surface area contributed by atoms with Crippen molar-refractivity contribution in [3.8, 4) is 0 Å². The molecule has 12 heavy (non-hydrogen) atoms. The Morgan fingerprint density at radius 2 is 1.67 bits per heavy atom. The molecule has 0 aliphatic rings. The van der Waals surface area contributed by atoms with Crippen molar-refractivity contribution in [2.45, 2.75) is 0 Å². The molecule has 1 rings (SSSR count). The number of rotatable bonds is 1. The summed E-state index contributed by atoms with van der Waals surface area (Å²) in [5.41, 5.74) is 0.331. The van der Waals surface area contributed by atoms with E-state index in [2.05, 4.69) is 0 Å². The summed E-state index contributed by atoms with van der Waals surface area (Å²) in [6.07, 6.45) is 0. The van der Waals surface area contributed by atoms with Crippen molar-refractivity contribution in [1.29, 1.82) is 0 Å². The van der Waals surface area contributed by atoms with E-state index in [4.69, 9.17) is 5.11 Å². The Balaban J connectivity index is -0.0000000337. The van der Waals surface area contributed by atoms with Crippen LogP contribution in [0.1, 0.15) is 14.6 Å². The maximum atomic E-state index is 10.2. The quantitative estimate of drug-likeness (QED) is 0.498. The molecule has 0 amide bonds. The van der Waals surface area contributed by atoms with Gasteiger partial charge in [0.1, 0.15) is 0 Å². The van der Waals surface area contributed by atoms with Gasteiger partial charge >= 0.3 is 62.6 Å². The molecule has 0 spiro atoms. The fourth-order valence-corrected chi connectivity index (χ4v) is 0.581. The molecule has 0 radical (unpaired) electrons. The molecule has 0 saturated heterocycles. The minimum atomic E-state index is -0.879. The summed E-state index contributed by atoms with van der Waals surface area (Å²) in [6.45, 7) is 0. The van der Waals surface area contributed by atoms with Gasteiger partial charge in [0.25, 0.3) is 0 Å². The average Bonchev–Trinajstić information content (AvgIpc) is 1.90. The molecule has 0 fully saturated rings. The van der Waals surface area contributed by atoms with Gasteiger partial charge in [0, 0.05) is 0 Å². The van der Waals surface area contributed by atoms with Gasteiger partial charge in [-0.2, -0.15) is 0 Å². The number of carboxylic acids is 1. The van der Waals surface area contributed by atoms with Crippen LogP contribution < -0.4 is 18.9 Å². The van der Waals surface area contributed by atoms with Gasteiger partial charge in [-0.3, -0.25) is 0 Å². The van der Waals surface area contributed by atoms with Gasteiger partial charge in [-0.1, -0.05) is 18.2 Å². The topological polar surface area (TPSA) is 68.8 Å². The van der Waals surface area contributed by atoms with Crippen LogP contribution in [0.25, 0.3) is 0 Å². The Morgan fingerprint density at radius 1 is 1.25 bits per heavy atom. The number of carboxylic acid groups (broad SMARTS) is 1. The van der Waals surface area contributed by atoms with E-state index in [0.717, 1.165) is 0 Å². The molecule has 0 atom stereocenters. The Morgan fingerprint density at radius 3 is 1.92 bits per heavy atom. The van der Waals surface area contributed by atoms with Crippen LogP contribution >= 0.6 is 0 Å². The fourth-order valence-electron chi connectivity index (χ4n) is 0.581. The third-order valence-electron chi connectivity index (χ3n) is 1.02. The van der Waals surface area contributed by atoms with Gasteiger partial charge in [0.15, 0.2) is 0 Å². The van der Waals surface area contributed by atoms with Crippen molar-refractivity contribution < 1.29 is 38.5 Å². The molecule has 0 unspecified atom stereocenters. The Kier molecular flexibility index (Phi) is 14.6. The van der Waals surface area contributed by atoms with Gasteiger partial charge in [-0.25, -0.2) is 4.79 Å². The smallest absolute Gasteiger partial charge is 1.00 e. The van der Waals surface area contributed by atoms with E-state index in [-0.39, 0.29) is 66.4 Å². The summed E-state index contributed by atoms with van der Waals surface area (Å²) in [7, 11) is 0. The monoisotopic (exact) mass is 190 g/mol. The molecule has 5 heteroatoms. The van der Waals surface area contributed by atoms with Crippen molar-refractivity contribution in [3.63, 3.8) is 0 Å². The summed E-state index contributed by atoms with van der Waals surface area (Å²) in [4.78, 5) is 10.2. The average molecular weight is 190 g/mol. The van der Waals surface area contributed by atoms with Crippen molar-refractivity contribution in [1.82, 2.24) is 0 Å². The number of carbonyl (C=O) groups is 1. The van der Waals surface area contributed by atoms with Crippen LogP contribution in [0.4, 0.5) is 0 Å². The van der Waals surface area contributed by atoms with Crippen LogP contribution in [0, 0.1) is 0 Å². The second kappa shape index (κ2) is 9.59. The van der Waals surface area contributed by atoms with Gasteiger partial charge in [-0.15, -0.1) is 0 Å². The largest absolute Gasteiger partial charge is 2.00 e.